The van der Waals surface area contributed by atoms with Crippen molar-refractivity contribution in [1.82, 2.24) is 0 Å². The van der Waals surface area contributed by atoms with Gasteiger partial charge in [-0.05, 0) is 36.6 Å². The molecule has 0 radical (unpaired) electrons. The summed E-state index contributed by atoms with van der Waals surface area (Å²) >= 11 is 0. The maximum Gasteiger partial charge on any atom is 0.161 e. The Balaban J connectivity index is 2.05. The number of nitrogens with zero attached hydrogens (tertiary/aromatic N) is 1. The van der Waals surface area contributed by atoms with Crippen molar-refractivity contribution in [3.63, 3.8) is 0 Å². The van der Waals surface area contributed by atoms with Gasteiger partial charge in [-0.25, -0.2) is 0 Å². The zero-order valence-corrected chi connectivity index (χ0v) is 12.4. The largest absolute Gasteiger partial charge is 0.493 e. The van der Waals surface area contributed by atoms with Crippen LogP contribution in [0.2, 0.25) is 0 Å². The van der Waals surface area contributed by atoms with E-state index in [1.165, 1.54) is 5.56 Å². The van der Waals surface area contributed by atoms with Gasteiger partial charge in [0.15, 0.2) is 11.5 Å². The average molecular weight is 281 g/mol. The fourth-order valence-electron chi connectivity index (χ4n) is 2.03. The predicted molar refractivity (Wildman–Crippen MR) is 82.4 cm³/mol. The third-order valence-electron chi connectivity index (χ3n) is 3.27. The second-order valence-corrected chi connectivity index (χ2v) is 4.92. The van der Waals surface area contributed by atoms with Crippen LogP contribution in [0.4, 0.5) is 0 Å². The summed E-state index contributed by atoms with van der Waals surface area (Å²) in [6, 6.07) is 16.2. The van der Waals surface area contributed by atoms with E-state index >= 15 is 0 Å². The Morgan fingerprint density at radius 3 is 2.38 bits per heavy atom. The molecule has 108 valence electrons. The molecule has 21 heavy (non-hydrogen) atoms. The Morgan fingerprint density at radius 2 is 1.71 bits per heavy atom. The molecule has 0 aliphatic heterocycles. The van der Waals surface area contributed by atoms with E-state index in [2.05, 4.69) is 37.3 Å². The summed E-state index contributed by atoms with van der Waals surface area (Å²) in [5, 5.41) is 8.63. The highest BCUT2D eigenvalue weighted by molar-refractivity contribution is 5.43. The molecular formula is C18H19NO2. The van der Waals surface area contributed by atoms with Crippen LogP contribution in [0.15, 0.2) is 42.5 Å². The summed E-state index contributed by atoms with van der Waals surface area (Å²) in [6.07, 6.45) is 1.23. The first-order valence-electron chi connectivity index (χ1n) is 6.95. The molecule has 0 aliphatic carbocycles. The second-order valence-electron chi connectivity index (χ2n) is 4.92. The summed E-state index contributed by atoms with van der Waals surface area (Å²) in [5.41, 5.74) is 3.44. The van der Waals surface area contributed by atoms with Crippen molar-refractivity contribution >= 4 is 0 Å². The highest BCUT2D eigenvalue weighted by Gasteiger charge is 2.06. The molecule has 0 bridgehead atoms. The summed E-state index contributed by atoms with van der Waals surface area (Å²) in [7, 11) is 1.63. The maximum absolute atomic E-state index is 8.63. The third-order valence-corrected chi connectivity index (χ3v) is 3.27. The summed E-state index contributed by atoms with van der Waals surface area (Å²) in [6.45, 7) is 2.57. The van der Waals surface area contributed by atoms with E-state index in [0.29, 0.717) is 18.8 Å². The Hall–Kier alpha value is -2.47. The molecule has 2 aromatic carbocycles. The first-order chi connectivity index (χ1) is 10.2. The lowest BCUT2D eigenvalue weighted by molar-refractivity contribution is 0.284. The number of hydrogen-bond donors (Lipinski definition) is 0. The van der Waals surface area contributed by atoms with Crippen LogP contribution in [0.3, 0.4) is 0 Å². The van der Waals surface area contributed by atoms with Crippen LogP contribution in [-0.2, 0) is 13.0 Å². The molecule has 2 aromatic rings. The van der Waals surface area contributed by atoms with E-state index in [1.54, 1.807) is 7.11 Å². The standard InChI is InChI=1S/C18H19NO2/c1-14-5-7-16(8-6-14)13-21-17-10-9-15(4-3-11-19)12-18(17)20-2/h5-10,12H,3-4,13H2,1-2H3. The molecule has 0 amide bonds. The van der Waals surface area contributed by atoms with E-state index in [9.17, 15) is 0 Å². The second kappa shape index (κ2) is 7.35. The molecule has 0 aromatic heterocycles. The number of benzene rings is 2. The minimum Gasteiger partial charge on any atom is -0.493 e. The highest BCUT2D eigenvalue weighted by atomic mass is 16.5. The van der Waals surface area contributed by atoms with Gasteiger partial charge in [0.05, 0.1) is 13.2 Å². The molecule has 3 heteroatoms. The van der Waals surface area contributed by atoms with Gasteiger partial charge < -0.3 is 9.47 Å². The van der Waals surface area contributed by atoms with Crippen LogP contribution in [0.25, 0.3) is 0 Å². The average Bonchev–Trinajstić information content (AvgIpc) is 2.52. The third kappa shape index (κ3) is 4.25. The topological polar surface area (TPSA) is 42.2 Å². The number of aryl methyl sites for hydroxylation is 2. The highest BCUT2D eigenvalue weighted by Crippen LogP contribution is 2.29. The van der Waals surface area contributed by atoms with E-state index in [4.69, 9.17) is 14.7 Å². The van der Waals surface area contributed by atoms with Crippen LogP contribution < -0.4 is 9.47 Å². The van der Waals surface area contributed by atoms with E-state index in [1.807, 2.05) is 18.2 Å². The zero-order valence-electron chi connectivity index (χ0n) is 12.4. The van der Waals surface area contributed by atoms with E-state index < -0.39 is 0 Å². The number of methoxy groups -OCH3 is 1. The Kier molecular flexibility index (Phi) is 5.22. The Labute approximate surface area is 125 Å². The number of nitriles is 1. The molecule has 0 spiro atoms. The van der Waals surface area contributed by atoms with Crippen LogP contribution in [0.1, 0.15) is 23.1 Å². The van der Waals surface area contributed by atoms with Gasteiger partial charge in [-0.3, -0.25) is 0 Å². The summed E-state index contributed by atoms with van der Waals surface area (Å²) in [4.78, 5) is 0. The molecule has 0 saturated heterocycles. The van der Waals surface area contributed by atoms with Crippen molar-refractivity contribution in [3.05, 3.63) is 59.2 Å². The molecule has 0 fully saturated rings. The number of ether oxygens (including phenoxy) is 2. The number of hydrogen-bond acceptors (Lipinski definition) is 3. The lowest BCUT2D eigenvalue weighted by Crippen LogP contribution is -1.98. The van der Waals surface area contributed by atoms with Gasteiger partial charge in [-0.1, -0.05) is 35.9 Å². The minimum atomic E-state index is 0.507. The molecular weight excluding hydrogens is 262 g/mol. The first-order valence-corrected chi connectivity index (χ1v) is 6.95. The van der Waals surface area contributed by atoms with Crippen LogP contribution in [-0.4, -0.2) is 7.11 Å². The van der Waals surface area contributed by atoms with Gasteiger partial charge in [-0.15, -0.1) is 0 Å². The summed E-state index contributed by atoms with van der Waals surface area (Å²) in [5.74, 6) is 1.43. The number of rotatable bonds is 6. The lowest BCUT2D eigenvalue weighted by Gasteiger charge is -2.12. The van der Waals surface area contributed by atoms with E-state index in [-0.39, 0.29) is 0 Å². The van der Waals surface area contributed by atoms with E-state index in [0.717, 1.165) is 23.3 Å². The smallest absolute Gasteiger partial charge is 0.161 e. The summed E-state index contributed by atoms with van der Waals surface area (Å²) < 4.78 is 11.2. The van der Waals surface area contributed by atoms with Crippen LogP contribution in [0, 0.1) is 18.3 Å². The van der Waals surface area contributed by atoms with Gasteiger partial charge in [0.25, 0.3) is 0 Å². The van der Waals surface area contributed by atoms with Crippen molar-refractivity contribution in [3.8, 4) is 17.6 Å². The van der Waals surface area contributed by atoms with Crippen molar-refractivity contribution in [1.29, 1.82) is 5.26 Å². The SMILES string of the molecule is COc1cc(CCC#N)ccc1OCc1ccc(C)cc1. The molecule has 0 aliphatic rings. The molecule has 2 rings (SSSR count). The Bertz CT molecular complexity index is 627. The molecule has 0 heterocycles. The zero-order chi connectivity index (χ0) is 15.1. The predicted octanol–water partition coefficient (Wildman–Crippen LogP) is 4.04. The molecule has 0 N–H and O–H groups in total. The maximum atomic E-state index is 8.63. The van der Waals surface area contributed by atoms with Gasteiger partial charge in [-0.2, -0.15) is 5.26 Å². The quantitative estimate of drug-likeness (QED) is 0.802. The molecule has 3 nitrogen and oxygen atoms in total. The Morgan fingerprint density at radius 1 is 1.00 bits per heavy atom. The van der Waals surface area contributed by atoms with Crippen molar-refractivity contribution < 1.29 is 9.47 Å². The van der Waals surface area contributed by atoms with Crippen LogP contribution >= 0.6 is 0 Å². The monoisotopic (exact) mass is 281 g/mol. The first kappa shape index (κ1) is 14.9. The molecule has 0 atom stereocenters. The molecule has 0 unspecified atom stereocenters. The van der Waals surface area contributed by atoms with Gasteiger partial charge >= 0.3 is 0 Å². The van der Waals surface area contributed by atoms with Gasteiger partial charge in [0, 0.05) is 6.42 Å². The van der Waals surface area contributed by atoms with Gasteiger partial charge in [0.2, 0.25) is 0 Å². The molecule has 0 saturated carbocycles. The normalized spacial score (nSPS) is 9.95. The van der Waals surface area contributed by atoms with Crippen LogP contribution in [0.5, 0.6) is 11.5 Å². The fourth-order valence-corrected chi connectivity index (χ4v) is 2.03. The van der Waals surface area contributed by atoms with Crippen molar-refractivity contribution in [2.45, 2.75) is 26.4 Å². The lowest BCUT2D eigenvalue weighted by atomic mass is 10.1. The van der Waals surface area contributed by atoms with Crippen molar-refractivity contribution in [2.75, 3.05) is 7.11 Å². The van der Waals surface area contributed by atoms with Crippen molar-refractivity contribution in [2.24, 2.45) is 0 Å². The minimum absolute atomic E-state index is 0.507. The fraction of sp³-hybridized carbons (Fsp3) is 0.278. The van der Waals surface area contributed by atoms with Gasteiger partial charge in [0.1, 0.15) is 6.61 Å².